The first kappa shape index (κ1) is 22.5. The highest BCUT2D eigenvalue weighted by Gasteiger charge is 2.23. The summed E-state index contributed by atoms with van der Waals surface area (Å²) in [7, 11) is 0. The van der Waals surface area contributed by atoms with Crippen LogP contribution < -0.4 is 0 Å². The lowest BCUT2D eigenvalue weighted by Gasteiger charge is -2.19. The molecule has 0 fully saturated rings. The first-order valence-corrected chi connectivity index (χ1v) is 9.44. The Balaban J connectivity index is 2.22. The Hall–Kier alpha value is -2.80. The van der Waals surface area contributed by atoms with Crippen molar-refractivity contribution < 1.29 is 14.6 Å². The molecular formula is C22H28N2O5. The van der Waals surface area contributed by atoms with Crippen molar-refractivity contribution in [2.24, 2.45) is 0 Å². The second kappa shape index (κ2) is 8.29. The Labute approximate surface area is 171 Å². The Bertz CT molecular complexity index is 848. The van der Waals surface area contributed by atoms with E-state index in [-0.39, 0.29) is 35.4 Å². The maximum absolute atomic E-state index is 11.5. The van der Waals surface area contributed by atoms with Gasteiger partial charge in [-0.1, -0.05) is 53.7 Å². The van der Waals surface area contributed by atoms with Crippen LogP contribution in [0.3, 0.4) is 0 Å². The molecule has 0 heterocycles. The molecule has 0 aliphatic rings. The molecule has 7 heteroatoms. The Morgan fingerprint density at radius 3 is 1.34 bits per heavy atom. The molecular weight excluding hydrogens is 372 g/mol. The average Bonchev–Trinajstić information content (AvgIpc) is 2.60. The van der Waals surface area contributed by atoms with Crippen molar-refractivity contribution in [3.63, 3.8) is 0 Å². The third-order valence-electron chi connectivity index (χ3n) is 4.81. The molecule has 0 aliphatic heterocycles. The van der Waals surface area contributed by atoms with E-state index in [0.717, 1.165) is 11.1 Å². The van der Waals surface area contributed by atoms with Gasteiger partial charge in [0.1, 0.15) is 0 Å². The minimum Gasteiger partial charge on any atom is -0.372 e. The SMILES string of the molecule is CC(C)(C)c1ccc(COCc2ccc(C(C)(C)C)cc2[N+](=O)[O-])c([N+](=O)[O-])c1. The molecule has 0 aliphatic carbocycles. The van der Waals surface area contributed by atoms with Crippen LogP contribution in [0.4, 0.5) is 11.4 Å². The lowest BCUT2D eigenvalue weighted by Crippen LogP contribution is -2.12. The molecule has 0 bridgehead atoms. The molecule has 0 amide bonds. The molecule has 0 N–H and O–H groups in total. The molecule has 0 saturated carbocycles. The number of nitro benzene ring substituents is 2. The summed E-state index contributed by atoms with van der Waals surface area (Å²) in [6.07, 6.45) is 0. The molecule has 29 heavy (non-hydrogen) atoms. The van der Waals surface area contributed by atoms with Gasteiger partial charge in [-0.15, -0.1) is 0 Å². The van der Waals surface area contributed by atoms with Gasteiger partial charge in [0.15, 0.2) is 0 Å². The quantitative estimate of drug-likeness (QED) is 0.450. The molecule has 7 nitrogen and oxygen atoms in total. The molecule has 156 valence electrons. The number of rotatable bonds is 6. The van der Waals surface area contributed by atoms with E-state index in [9.17, 15) is 20.2 Å². The van der Waals surface area contributed by atoms with Crippen molar-refractivity contribution in [3.8, 4) is 0 Å². The van der Waals surface area contributed by atoms with Crippen LogP contribution in [0.2, 0.25) is 0 Å². The number of nitro groups is 2. The van der Waals surface area contributed by atoms with E-state index >= 15 is 0 Å². The van der Waals surface area contributed by atoms with E-state index in [1.165, 1.54) is 0 Å². The van der Waals surface area contributed by atoms with Gasteiger partial charge in [-0.25, -0.2) is 0 Å². The van der Waals surface area contributed by atoms with Crippen LogP contribution in [0.15, 0.2) is 36.4 Å². The van der Waals surface area contributed by atoms with E-state index < -0.39 is 9.85 Å². The van der Waals surface area contributed by atoms with Crippen molar-refractivity contribution in [2.45, 2.75) is 65.6 Å². The Morgan fingerprint density at radius 2 is 1.07 bits per heavy atom. The van der Waals surface area contributed by atoms with Crippen LogP contribution in [0, 0.1) is 20.2 Å². The molecule has 0 radical (unpaired) electrons. The number of ether oxygens (including phenoxy) is 1. The van der Waals surface area contributed by atoms with Gasteiger partial charge in [0.2, 0.25) is 0 Å². The summed E-state index contributed by atoms with van der Waals surface area (Å²) in [5.74, 6) is 0. The highest BCUT2D eigenvalue weighted by Crippen LogP contribution is 2.31. The van der Waals surface area contributed by atoms with Gasteiger partial charge in [0, 0.05) is 12.1 Å². The fourth-order valence-electron chi connectivity index (χ4n) is 2.92. The molecule has 0 atom stereocenters. The lowest BCUT2D eigenvalue weighted by atomic mass is 9.86. The smallest absolute Gasteiger partial charge is 0.275 e. The predicted molar refractivity (Wildman–Crippen MR) is 112 cm³/mol. The summed E-state index contributed by atoms with van der Waals surface area (Å²) >= 11 is 0. The summed E-state index contributed by atoms with van der Waals surface area (Å²) in [4.78, 5) is 22.1. The number of hydrogen-bond acceptors (Lipinski definition) is 5. The van der Waals surface area contributed by atoms with Gasteiger partial charge in [0.05, 0.1) is 34.2 Å². The maximum Gasteiger partial charge on any atom is 0.275 e. The molecule has 0 unspecified atom stereocenters. The first-order chi connectivity index (χ1) is 13.3. The number of hydrogen-bond donors (Lipinski definition) is 0. The molecule has 2 rings (SSSR count). The van der Waals surface area contributed by atoms with E-state index in [1.54, 1.807) is 24.3 Å². The van der Waals surface area contributed by atoms with Crippen LogP contribution >= 0.6 is 0 Å². The third-order valence-corrected chi connectivity index (χ3v) is 4.81. The highest BCUT2D eigenvalue weighted by molar-refractivity contribution is 5.46. The normalized spacial score (nSPS) is 12.1. The van der Waals surface area contributed by atoms with Crippen molar-refractivity contribution in [1.82, 2.24) is 0 Å². The van der Waals surface area contributed by atoms with Gasteiger partial charge in [-0.2, -0.15) is 0 Å². The molecule has 0 spiro atoms. The zero-order valence-corrected chi connectivity index (χ0v) is 17.8. The second-order valence-electron chi connectivity index (χ2n) is 9.19. The van der Waals surface area contributed by atoms with Crippen molar-refractivity contribution in [2.75, 3.05) is 0 Å². The van der Waals surface area contributed by atoms with Gasteiger partial charge in [-0.05, 0) is 34.1 Å². The lowest BCUT2D eigenvalue weighted by molar-refractivity contribution is -0.386. The average molecular weight is 400 g/mol. The summed E-state index contributed by atoms with van der Waals surface area (Å²) in [5, 5.41) is 22.9. The summed E-state index contributed by atoms with van der Waals surface area (Å²) in [5.41, 5.74) is 2.18. The van der Waals surface area contributed by atoms with Gasteiger partial charge in [0.25, 0.3) is 11.4 Å². The molecule has 0 saturated heterocycles. The van der Waals surface area contributed by atoms with Gasteiger partial charge >= 0.3 is 0 Å². The fourth-order valence-corrected chi connectivity index (χ4v) is 2.92. The fraction of sp³-hybridized carbons (Fsp3) is 0.455. The third kappa shape index (κ3) is 5.60. The highest BCUT2D eigenvalue weighted by atomic mass is 16.6. The maximum atomic E-state index is 11.5. The van der Waals surface area contributed by atoms with E-state index in [2.05, 4.69) is 0 Å². The summed E-state index contributed by atoms with van der Waals surface area (Å²) < 4.78 is 5.63. The van der Waals surface area contributed by atoms with E-state index in [1.807, 2.05) is 53.7 Å². The zero-order chi connectivity index (χ0) is 22.0. The van der Waals surface area contributed by atoms with Crippen LogP contribution in [0.1, 0.15) is 63.8 Å². The van der Waals surface area contributed by atoms with Crippen LogP contribution in [0.5, 0.6) is 0 Å². The van der Waals surface area contributed by atoms with Crippen molar-refractivity contribution in [1.29, 1.82) is 0 Å². The minimum absolute atomic E-state index is 0.00108. The summed E-state index contributed by atoms with van der Waals surface area (Å²) in [6, 6.07) is 10.2. The van der Waals surface area contributed by atoms with Crippen LogP contribution in [0.25, 0.3) is 0 Å². The topological polar surface area (TPSA) is 95.5 Å². The molecule has 2 aromatic carbocycles. The predicted octanol–water partition coefficient (Wildman–Crippen LogP) is 5.81. The number of nitrogens with zero attached hydrogens (tertiary/aromatic N) is 2. The monoisotopic (exact) mass is 400 g/mol. The minimum atomic E-state index is -0.422. The second-order valence-corrected chi connectivity index (χ2v) is 9.19. The van der Waals surface area contributed by atoms with Crippen molar-refractivity contribution >= 4 is 11.4 Å². The number of benzene rings is 2. The molecule has 2 aromatic rings. The Morgan fingerprint density at radius 1 is 0.724 bits per heavy atom. The Kier molecular flexibility index (Phi) is 6.43. The van der Waals surface area contributed by atoms with Gasteiger partial charge in [-0.3, -0.25) is 20.2 Å². The zero-order valence-electron chi connectivity index (χ0n) is 17.8. The van der Waals surface area contributed by atoms with E-state index in [4.69, 9.17) is 4.74 Å². The van der Waals surface area contributed by atoms with Gasteiger partial charge < -0.3 is 4.74 Å². The first-order valence-electron chi connectivity index (χ1n) is 9.44. The summed E-state index contributed by atoms with van der Waals surface area (Å²) in [6.45, 7) is 11.9. The standard InChI is InChI=1S/C22H28N2O5/c1-21(2,3)17-9-7-15(19(11-17)23(25)26)13-29-14-16-8-10-18(22(4,5)6)12-20(16)24(27)28/h7-12H,13-14H2,1-6H3. The van der Waals surface area contributed by atoms with Crippen LogP contribution in [-0.2, 0) is 28.8 Å². The van der Waals surface area contributed by atoms with Crippen molar-refractivity contribution in [3.05, 3.63) is 78.9 Å². The van der Waals surface area contributed by atoms with Crippen LogP contribution in [-0.4, -0.2) is 9.85 Å². The van der Waals surface area contributed by atoms with E-state index in [0.29, 0.717) is 11.1 Å². The largest absolute Gasteiger partial charge is 0.372 e. The molecule has 0 aromatic heterocycles.